The lowest BCUT2D eigenvalue weighted by molar-refractivity contribution is -0.144. The molecule has 1 aromatic rings. The van der Waals surface area contributed by atoms with Crippen LogP contribution in [-0.2, 0) is 16.1 Å². The number of rotatable bonds is 5. The van der Waals surface area contributed by atoms with Gasteiger partial charge in [0.15, 0.2) is 0 Å². The number of thioether (sulfide) groups is 1. The van der Waals surface area contributed by atoms with E-state index in [1.54, 1.807) is 0 Å². The third-order valence-electron chi connectivity index (χ3n) is 1.56. The van der Waals surface area contributed by atoms with Crippen LogP contribution in [0.1, 0.15) is 0 Å². The zero-order chi connectivity index (χ0) is 12.9. The van der Waals surface area contributed by atoms with Crippen molar-refractivity contribution in [3.8, 4) is 0 Å². The van der Waals surface area contributed by atoms with Gasteiger partial charge in [-0.15, -0.1) is 0 Å². The average molecular weight is 269 g/mol. The largest absolute Gasteiger partial charge is 0.463 e. The fourth-order valence-corrected chi connectivity index (χ4v) is 1.35. The third-order valence-corrected chi connectivity index (χ3v) is 2.25. The van der Waals surface area contributed by atoms with E-state index < -0.39 is 11.5 Å². The molecule has 0 aromatic carbocycles. The first-order valence-corrected chi connectivity index (χ1v) is 5.49. The topological polar surface area (TPSA) is 70.1 Å². The number of nitrogens with two attached hydrogens (primary N) is 1. The van der Waals surface area contributed by atoms with Gasteiger partial charge in [-0.1, -0.05) is 0 Å². The monoisotopic (exact) mass is 269 g/mol. The predicted molar refractivity (Wildman–Crippen MR) is 56.1 cm³/mol. The smallest absolute Gasteiger partial charge is 0.441 e. The van der Waals surface area contributed by atoms with Gasteiger partial charge in [-0.3, -0.25) is 9.48 Å². The summed E-state index contributed by atoms with van der Waals surface area (Å²) >= 11 is -0.234. The zero-order valence-corrected chi connectivity index (χ0v) is 9.42. The van der Waals surface area contributed by atoms with E-state index in [-0.39, 0.29) is 30.7 Å². The minimum absolute atomic E-state index is 0.173. The molecule has 5 nitrogen and oxygen atoms in total. The molecule has 0 saturated heterocycles. The molecule has 0 aliphatic heterocycles. The molecule has 17 heavy (non-hydrogen) atoms. The van der Waals surface area contributed by atoms with Crippen LogP contribution in [0.25, 0.3) is 0 Å². The summed E-state index contributed by atoms with van der Waals surface area (Å²) in [6.45, 7) is -0.465. The average Bonchev–Trinajstić information content (AvgIpc) is 2.57. The molecular formula is C8H10F3N3O2S. The molecule has 2 N–H and O–H groups in total. The maximum Gasteiger partial charge on any atom is 0.441 e. The van der Waals surface area contributed by atoms with Crippen molar-refractivity contribution >= 4 is 23.4 Å². The Morgan fingerprint density at radius 2 is 2.29 bits per heavy atom. The van der Waals surface area contributed by atoms with Gasteiger partial charge in [0.25, 0.3) is 0 Å². The predicted octanol–water partition coefficient (Wildman–Crippen LogP) is 1.26. The van der Waals surface area contributed by atoms with E-state index in [9.17, 15) is 18.0 Å². The SMILES string of the molecule is Nc1cnn(CC(=O)OCCSC(F)(F)F)c1. The number of hydrogen-bond acceptors (Lipinski definition) is 5. The number of nitrogen functional groups attached to an aromatic ring is 1. The Hall–Kier alpha value is -1.38. The molecule has 9 heteroatoms. The normalized spacial score (nSPS) is 11.5. The van der Waals surface area contributed by atoms with E-state index >= 15 is 0 Å². The number of nitrogens with zero attached hydrogens (tertiary/aromatic N) is 2. The van der Waals surface area contributed by atoms with E-state index in [0.29, 0.717) is 5.69 Å². The number of carbonyl (C=O) groups is 1. The van der Waals surface area contributed by atoms with Gasteiger partial charge in [0.2, 0.25) is 0 Å². The molecule has 1 rings (SSSR count). The molecule has 0 atom stereocenters. The number of aromatic nitrogens is 2. The fraction of sp³-hybridized carbons (Fsp3) is 0.500. The highest BCUT2D eigenvalue weighted by atomic mass is 32.2. The fourth-order valence-electron chi connectivity index (χ4n) is 0.957. The van der Waals surface area contributed by atoms with Gasteiger partial charge in [0.05, 0.1) is 11.9 Å². The third kappa shape index (κ3) is 6.05. The maximum atomic E-state index is 11.7. The van der Waals surface area contributed by atoms with Gasteiger partial charge in [0.1, 0.15) is 13.2 Å². The lowest BCUT2D eigenvalue weighted by atomic mass is 10.6. The van der Waals surface area contributed by atoms with E-state index in [1.165, 1.54) is 17.1 Å². The van der Waals surface area contributed by atoms with Gasteiger partial charge in [0, 0.05) is 11.9 Å². The summed E-state index contributed by atoms with van der Waals surface area (Å²) in [4.78, 5) is 11.1. The molecule has 0 bridgehead atoms. The lowest BCUT2D eigenvalue weighted by Crippen LogP contribution is -2.16. The summed E-state index contributed by atoms with van der Waals surface area (Å²) in [5.74, 6) is -0.980. The quantitative estimate of drug-likeness (QED) is 0.643. The van der Waals surface area contributed by atoms with E-state index in [2.05, 4.69) is 9.84 Å². The van der Waals surface area contributed by atoms with Crippen molar-refractivity contribution < 1.29 is 22.7 Å². The second-order valence-electron chi connectivity index (χ2n) is 2.99. The summed E-state index contributed by atoms with van der Waals surface area (Å²) in [5, 5.41) is 3.73. The van der Waals surface area contributed by atoms with Crippen LogP contribution in [-0.4, -0.2) is 33.6 Å². The number of esters is 1. The molecule has 0 aliphatic carbocycles. The summed E-state index contributed by atoms with van der Waals surface area (Å²) in [7, 11) is 0. The molecule has 0 unspecified atom stereocenters. The minimum Gasteiger partial charge on any atom is -0.463 e. The zero-order valence-electron chi connectivity index (χ0n) is 8.61. The molecule has 96 valence electrons. The molecule has 1 aromatic heterocycles. The summed E-state index contributed by atoms with van der Waals surface area (Å²) in [5.41, 5.74) is 1.45. The molecular weight excluding hydrogens is 259 g/mol. The van der Waals surface area contributed by atoms with Gasteiger partial charge < -0.3 is 10.5 Å². The first-order chi connectivity index (χ1) is 7.87. The molecule has 0 amide bonds. The second kappa shape index (κ2) is 5.80. The van der Waals surface area contributed by atoms with Crippen molar-refractivity contribution in [3.05, 3.63) is 12.4 Å². The van der Waals surface area contributed by atoms with E-state index in [1.807, 2.05) is 0 Å². The molecule has 0 radical (unpaired) electrons. The van der Waals surface area contributed by atoms with Crippen LogP contribution >= 0.6 is 11.8 Å². The Kier molecular flexibility index (Phi) is 4.67. The van der Waals surface area contributed by atoms with Gasteiger partial charge in [-0.25, -0.2) is 0 Å². The summed E-state index contributed by atoms with van der Waals surface area (Å²) in [6.07, 6.45) is 2.78. The number of alkyl halides is 3. The first kappa shape index (κ1) is 13.7. The number of carbonyl (C=O) groups excluding carboxylic acids is 1. The van der Waals surface area contributed by atoms with Crippen molar-refractivity contribution in [2.75, 3.05) is 18.1 Å². The van der Waals surface area contributed by atoms with Gasteiger partial charge >= 0.3 is 11.5 Å². The maximum absolute atomic E-state index is 11.7. The molecule has 0 saturated carbocycles. The van der Waals surface area contributed by atoms with Gasteiger partial charge in [-0.05, 0) is 11.8 Å². The molecule has 0 spiro atoms. The van der Waals surface area contributed by atoms with Crippen molar-refractivity contribution in [3.63, 3.8) is 0 Å². The standard InChI is InChI=1S/C8H10F3N3O2S/c9-8(10,11)17-2-1-16-7(15)5-14-4-6(12)3-13-14/h3-4H,1-2,5,12H2. The van der Waals surface area contributed by atoms with Gasteiger partial charge in [-0.2, -0.15) is 18.3 Å². The second-order valence-corrected chi connectivity index (χ2v) is 4.15. The highest BCUT2D eigenvalue weighted by molar-refractivity contribution is 8.00. The van der Waals surface area contributed by atoms with Crippen LogP contribution in [0.4, 0.5) is 18.9 Å². The van der Waals surface area contributed by atoms with Crippen LogP contribution in [0.2, 0.25) is 0 Å². The van der Waals surface area contributed by atoms with E-state index in [4.69, 9.17) is 5.73 Å². The number of halogens is 3. The number of hydrogen-bond donors (Lipinski definition) is 1. The first-order valence-electron chi connectivity index (χ1n) is 4.51. The van der Waals surface area contributed by atoms with Crippen LogP contribution in [0.15, 0.2) is 12.4 Å². The van der Waals surface area contributed by atoms with Crippen LogP contribution in [0.5, 0.6) is 0 Å². The molecule has 0 fully saturated rings. The van der Waals surface area contributed by atoms with Crippen molar-refractivity contribution in [1.29, 1.82) is 0 Å². The molecule has 0 aliphatic rings. The Morgan fingerprint density at radius 3 is 2.82 bits per heavy atom. The van der Waals surface area contributed by atoms with Crippen LogP contribution in [0, 0.1) is 0 Å². The van der Waals surface area contributed by atoms with Crippen LogP contribution < -0.4 is 5.73 Å². The lowest BCUT2D eigenvalue weighted by Gasteiger charge is -2.06. The van der Waals surface area contributed by atoms with E-state index in [0.717, 1.165) is 0 Å². The Labute approximate surface area is 99.1 Å². The van der Waals surface area contributed by atoms with Crippen molar-refractivity contribution in [1.82, 2.24) is 9.78 Å². The van der Waals surface area contributed by atoms with Crippen molar-refractivity contribution in [2.24, 2.45) is 0 Å². The Balaban J connectivity index is 2.18. The number of ether oxygens (including phenoxy) is 1. The Bertz CT molecular complexity index is 380. The molecule has 1 heterocycles. The number of anilines is 1. The summed E-state index contributed by atoms with van der Waals surface area (Å²) in [6, 6.07) is 0. The van der Waals surface area contributed by atoms with Crippen LogP contribution in [0.3, 0.4) is 0 Å². The highest BCUT2D eigenvalue weighted by Gasteiger charge is 2.27. The Morgan fingerprint density at radius 1 is 1.59 bits per heavy atom. The van der Waals surface area contributed by atoms with Crippen molar-refractivity contribution in [2.45, 2.75) is 12.1 Å². The minimum atomic E-state index is -4.30. The summed E-state index contributed by atoms with van der Waals surface area (Å²) < 4.78 is 41.0. The highest BCUT2D eigenvalue weighted by Crippen LogP contribution is 2.29.